The molecule has 5 nitrogen and oxygen atoms in total. The van der Waals surface area contributed by atoms with Crippen molar-refractivity contribution in [1.29, 1.82) is 0 Å². The maximum absolute atomic E-state index is 5.45. The molecule has 150 valence electrons. The van der Waals surface area contributed by atoms with Crippen LogP contribution in [0.3, 0.4) is 0 Å². The predicted molar refractivity (Wildman–Crippen MR) is 112 cm³/mol. The second-order valence-electron chi connectivity index (χ2n) is 8.34. The van der Waals surface area contributed by atoms with Gasteiger partial charge in [0.25, 0.3) is 0 Å². The Labute approximate surface area is 164 Å². The van der Waals surface area contributed by atoms with Crippen molar-refractivity contribution < 1.29 is 4.74 Å². The molecule has 2 aliphatic rings. The lowest BCUT2D eigenvalue weighted by atomic mass is 9.97. The average molecular weight is 373 g/mol. The summed E-state index contributed by atoms with van der Waals surface area (Å²) in [6.07, 6.45) is 2.60. The zero-order valence-corrected chi connectivity index (χ0v) is 17.3. The lowest BCUT2D eigenvalue weighted by molar-refractivity contribution is 0.0342. The minimum absolute atomic E-state index is 0.777. The van der Waals surface area contributed by atoms with Crippen LogP contribution in [-0.4, -0.2) is 62.2 Å². The van der Waals surface area contributed by atoms with Crippen molar-refractivity contribution in [2.45, 2.75) is 39.8 Å². The van der Waals surface area contributed by atoms with Crippen molar-refractivity contribution in [2.24, 2.45) is 16.8 Å². The average Bonchev–Trinajstić information content (AvgIpc) is 3.11. The smallest absolute Gasteiger partial charge is 0.193 e. The summed E-state index contributed by atoms with van der Waals surface area (Å²) >= 11 is 0. The molecule has 2 saturated heterocycles. The standard InChI is InChI=1S/C22H36N4O/c1-18(2)13-21-7-8-26(17-21)22(23-3)24-15-19-5-4-6-20(14-19)16-25-9-11-27-12-10-25/h4-6,14,18,21H,7-13,15-17H2,1-3H3,(H,23,24). The van der Waals surface area contributed by atoms with E-state index >= 15 is 0 Å². The number of hydrogen-bond acceptors (Lipinski definition) is 3. The topological polar surface area (TPSA) is 40.1 Å². The normalized spacial score (nSPS) is 21.9. The minimum atomic E-state index is 0.777. The van der Waals surface area contributed by atoms with Crippen LogP contribution in [0.5, 0.6) is 0 Å². The highest BCUT2D eigenvalue weighted by Crippen LogP contribution is 2.23. The number of aliphatic imine (C=N–C) groups is 1. The first-order valence-corrected chi connectivity index (χ1v) is 10.5. The number of nitrogens with one attached hydrogen (secondary N) is 1. The molecule has 2 fully saturated rings. The zero-order chi connectivity index (χ0) is 19.1. The number of ether oxygens (including phenoxy) is 1. The molecule has 5 heteroatoms. The maximum atomic E-state index is 5.45. The van der Waals surface area contributed by atoms with E-state index in [0.29, 0.717) is 0 Å². The Kier molecular flexibility index (Phi) is 7.53. The van der Waals surface area contributed by atoms with Crippen molar-refractivity contribution in [2.75, 3.05) is 46.4 Å². The summed E-state index contributed by atoms with van der Waals surface area (Å²) in [5.41, 5.74) is 2.70. The third kappa shape index (κ3) is 6.22. The monoisotopic (exact) mass is 372 g/mol. The van der Waals surface area contributed by atoms with E-state index in [9.17, 15) is 0 Å². The van der Waals surface area contributed by atoms with E-state index in [2.05, 4.69) is 58.2 Å². The van der Waals surface area contributed by atoms with Gasteiger partial charge in [-0.15, -0.1) is 0 Å². The van der Waals surface area contributed by atoms with Crippen LogP contribution >= 0.6 is 0 Å². The Morgan fingerprint density at radius 2 is 2.00 bits per heavy atom. The molecule has 1 aromatic rings. The molecule has 3 rings (SSSR count). The van der Waals surface area contributed by atoms with E-state index in [0.717, 1.165) is 70.3 Å². The fourth-order valence-electron chi connectivity index (χ4n) is 4.25. The Bertz CT molecular complexity index is 610. The zero-order valence-electron chi connectivity index (χ0n) is 17.3. The Hall–Kier alpha value is -1.59. The third-order valence-electron chi connectivity index (χ3n) is 5.55. The van der Waals surface area contributed by atoms with Gasteiger partial charge < -0.3 is 15.0 Å². The summed E-state index contributed by atoms with van der Waals surface area (Å²) in [4.78, 5) is 9.41. The van der Waals surface area contributed by atoms with Crippen LogP contribution in [0.2, 0.25) is 0 Å². The Morgan fingerprint density at radius 1 is 1.22 bits per heavy atom. The number of guanidine groups is 1. The highest BCUT2D eigenvalue weighted by atomic mass is 16.5. The van der Waals surface area contributed by atoms with Crippen LogP contribution < -0.4 is 5.32 Å². The molecule has 0 saturated carbocycles. The summed E-state index contributed by atoms with van der Waals surface area (Å²) in [5.74, 6) is 2.62. The highest BCUT2D eigenvalue weighted by molar-refractivity contribution is 5.80. The fourth-order valence-corrected chi connectivity index (χ4v) is 4.25. The second-order valence-corrected chi connectivity index (χ2v) is 8.34. The quantitative estimate of drug-likeness (QED) is 0.616. The molecule has 0 spiro atoms. The van der Waals surface area contributed by atoms with Gasteiger partial charge in [-0.2, -0.15) is 0 Å². The summed E-state index contributed by atoms with van der Waals surface area (Å²) in [6, 6.07) is 8.92. The van der Waals surface area contributed by atoms with Crippen LogP contribution in [0.15, 0.2) is 29.3 Å². The van der Waals surface area contributed by atoms with Gasteiger partial charge in [-0.05, 0) is 35.8 Å². The highest BCUT2D eigenvalue weighted by Gasteiger charge is 2.25. The lowest BCUT2D eigenvalue weighted by Crippen LogP contribution is -2.39. The van der Waals surface area contributed by atoms with Gasteiger partial charge in [0, 0.05) is 46.3 Å². The van der Waals surface area contributed by atoms with Crippen LogP contribution in [0.4, 0.5) is 0 Å². The number of nitrogens with zero attached hydrogens (tertiary/aromatic N) is 3. The van der Waals surface area contributed by atoms with E-state index in [4.69, 9.17) is 4.74 Å². The first kappa shape index (κ1) is 20.2. The van der Waals surface area contributed by atoms with Crippen molar-refractivity contribution in [3.8, 4) is 0 Å². The van der Waals surface area contributed by atoms with Gasteiger partial charge in [0.15, 0.2) is 5.96 Å². The second kappa shape index (κ2) is 10.1. The van der Waals surface area contributed by atoms with Gasteiger partial charge in [-0.25, -0.2) is 0 Å². The summed E-state index contributed by atoms with van der Waals surface area (Å²) < 4.78 is 5.45. The number of morpholine rings is 1. The molecule has 27 heavy (non-hydrogen) atoms. The molecule has 1 aromatic carbocycles. The SMILES string of the molecule is CN=C(NCc1cccc(CN2CCOCC2)c1)N1CCC(CC(C)C)C1. The largest absolute Gasteiger partial charge is 0.379 e. The number of likely N-dealkylation sites (tertiary alicyclic amines) is 1. The number of rotatable bonds is 6. The molecule has 1 unspecified atom stereocenters. The molecule has 0 amide bonds. The molecule has 0 aromatic heterocycles. The summed E-state index contributed by atoms with van der Waals surface area (Å²) in [7, 11) is 1.90. The molecule has 1 N–H and O–H groups in total. The Balaban J connectivity index is 1.50. The fraction of sp³-hybridized carbons (Fsp3) is 0.682. The Morgan fingerprint density at radius 3 is 2.74 bits per heavy atom. The van der Waals surface area contributed by atoms with Crippen molar-refractivity contribution >= 4 is 5.96 Å². The van der Waals surface area contributed by atoms with Crippen molar-refractivity contribution in [1.82, 2.24) is 15.1 Å². The lowest BCUT2D eigenvalue weighted by Gasteiger charge is -2.26. The third-order valence-corrected chi connectivity index (χ3v) is 5.55. The summed E-state index contributed by atoms with van der Waals surface area (Å²) in [5, 5.41) is 3.57. The van der Waals surface area contributed by atoms with Crippen molar-refractivity contribution in [3.05, 3.63) is 35.4 Å². The molecule has 1 atom stereocenters. The van der Waals surface area contributed by atoms with Gasteiger partial charge in [0.1, 0.15) is 0 Å². The van der Waals surface area contributed by atoms with Gasteiger partial charge in [-0.1, -0.05) is 38.1 Å². The van der Waals surface area contributed by atoms with E-state index in [1.165, 1.54) is 24.0 Å². The number of benzene rings is 1. The van der Waals surface area contributed by atoms with Gasteiger partial charge >= 0.3 is 0 Å². The van der Waals surface area contributed by atoms with E-state index in [1.54, 1.807) is 0 Å². The van der Waals surface area contributed by atoms with Gasteiger partial charge in [0.05, 0.1) is 13.2 Å². The molecule has 2 heterocycles. The summed E-state index contributed by atoms with van der Waals surface area (Å²) in [6.45, 7) is 12.5. The van der Waals surface area contributed by atoms with Gasteiger partial charge in [0.2, 0.25) is 0 Å². The maximum Gasteiger partial charge on any atom is 0.193 e. The molecule has 0 bridgehead atoms. The predicted octanol–water partition coefficient (Wildman–Crippen LogP) is 2.96. The number of hydrogen-bond donors (Lipinski definition) is 1. The molecule has 0 aliphatic carbocycles. The van der Waals surface area contributed by atoms with Gasteiger partial charge in [-0.3, -0.25) is 9.89 Å². The first-order valence-electron chi connectivity index (χ1n) is 10.5. The molecular formula is C22H36N4O. The van der Waals surface area contributed by atoms with Crippen LogP contribution in [-0.2, 0) is 17.8 Å². The van der Waals surface area contributed by atoms with E-state index < -0.39 is 0 Å². The van der Waals surface area contributed by atoms with Crippen molar-refractivity contribution in [3.63, 3.8) is 0 Å². The van der Waals surface area contributed by atoms with E-state index in [-0.39, 0.29) is 0 Å². The van der Waals surface area contributed by atoms with Crippen LogP contribution in [0.1, 0.15) is 37.8 Å². The van der Waals surface area contributed by atoms with E-state index in [1.807, 2.05) is 7.05 Å². The minimum Gasteiger partial charge on any atom is -0.379 e. The first-order chi connectivity index (χ1) is 13.1. The van der Waals surface area contributed by atoms with Crippen LogP contribution in [0, 0.1) is 11.8 Å². The molecule has 0 radical (unpaired) electrons. The molecular weight excluding hydrogens is 336 g/mol. The molecule has 2 aliphatic heterocycles. The van der Waals surface area contributed by atoms with Crippen LogP contribution in [0.25, 0.3) is 0 Å².